The molecule has 0 bridgehead atoms. The molecule has 1 heterocycles. The zero-order valence-corrected chi connectivity index (χ0v) is 14.0. The van der Waals surface area contributed by atoms with Crippen LogP contribution in [0.25, 0.3) is 0 Å². The third kappa shape index (κ3) is 9.58. The summed E-state index contributed by atoms with van der Waals surface area (Å²) in [6.07, 6.45) is 22.8. The first kappa shape index (κ1) is 17.8. The molecule has 1 nitrogen and oxygen atoms in total. The maximum Gasteiger partial charge on any atom is 0.00696 e. The summed E-state index contributed by atoms with van der Waals surface area (Å²) in [5, 5.41) is 3.73. The predicted molar refractivity (Wildman–Crippen MR) is 91.2 cm³/mol. The van der Waals surface area contributed by atoms with E-state index in [1.165, 1.54) is 83.5 Å². The third-order valence-corrected chi connectivity index (χ3v) is 4.52. The topological polar surface area (TPSA) is 12.0 Å². The van der Waals surface area contributed by atoms with Crippen molar-refractivity contribution >= 4 is 0 Å². The molecule has 118 valence electrons. The molecular formula is C19H37N. The predicted octanol–water partition coefficient (Wildman–Crippen LogP) is 5.99. The van der Waals surface area contributed by atoms with Crippen molar-refractivity contribution in [3.8, 4) is 0 Å². The second-order valence-corrected chi connectivity index (χ2v) is 6.65. The SMILES string of the molecule is CCCCCCCC/C=C\CCC[C@H]1CCC[C@@H](C)N1. The van der Waals surface area contributed by atoms with Crippen molar-refractivity contribution in [3.63, 3.8) is 0 Å². The molecule has 1 fully saturated rings. The molecule has 1 rings (SSSR count). The average molecular weight is 280 g/mol. The van der Waals surface area contributed by atoms with E-state index in [9.17, 15) is 0 Å². The summed E-state index contributed by atoms with van der Waals surface area (Å²) < 4.78 is 0. The molecule has 2 atom stereocenters. The molecule has 1 aliphatic heterocycles. The lowest BCUT2D eigenvalue weighted by Gasteiger charge is -2.28. The Kier molecular flexibility index (Phi) is 11.0. The molecule has 0 amide bonds. The van der Waals surface area contributed by atoms with Crippen molar-refractivity contribution in [1.82, 2.24) is 5.32 Å². The Bertz CT molecular complexity index is 234. The van der Waals surface area contributed by atoms with Crippen LogP contribution in [0.15, 0.2) is 12.2 Å². The molecule has 0 unspecified atom stereocenters. The second-order valence-electron chi connectivity index (χ2n) is 6.65. The van der Waals surface area contributed by atoms with Gasteiger partial charge in [-0.2, -0.15) is 0 Å². The molecule has 0 aromatic carbocycles. The van der Waals surface area contributed by atoms with Crippen LogP contribution in [0.1, 0.15) is 97.3 Å². The fourth-order valence-electron chi connectivity index (χ4n) is 3.23. The van der Waals surface area contributed by atoms with E-state index < -0.39 is 0 Å². The van der Waals surface area contributed by atoms with Crippen molar-refractivity contribution in [2.45, 2.75) is 109 Å². The molecule has 20 heavy (non-hydrogen) atoms. The average Bonchev–Trinajstić information content (AvgIpc) is 2.45. The Labute approximate surface area is 127 Å². The van der Waals surface area contributed by atoms with Crippen molar-refractivity contribution < 1.29 is 0 Å². The smallest absolute Gasteiger partial charge is 0.00696 e. The minimum atomic E-state index is 0.747. The van der Waals surface area contributed by atoms with Gasteiger partial charge in [0, 0.05) is 12.1 Å². The maximum atomic E-state index is 3.73. The Morgan fingerprint density at radius 2 is 1.60 bits per heavy atom. The number of rotatable bonds is 11. The molecule has 1 heteroatoms. The molecule has 0 spiro atoms. The molecule has 0 aromatic heterocycles. The van der Waals surface area contributed by atoms with E-state index in [-0.39, 0.29) is 0 Å². The normalized spacial score (nSPS) is 23.5. The van der Waals surface area contributed by atoms with Gasteiger partial charge in [0.25, 0.3) is 0 Å². The standard InChI is InChI=1S/C19H37N/c1-3-4-5-6-7-8-9-10-11-12-13-16-19-17-14-15-18(2)20-19/h10-11,18-20H,3-9,12-17H2,1-2H3/b11-10-/t18-,19+/m1/s1. The van der Waals surface area contributed by atoms with E-state index in [1.54, 1.807) is 0 Å². The first-order valence-corrected chi connectivity index (χ1v) is 9.24. The van der Waals surface area contributed by atoms with Crippen LogP contribution in [0.3, 0.4) is 0 Å². The van der Waals surface area contributed by atoms with Crippen molar-refractivity contribution in [2.75, 3.05) is 0 Å². The summed E-state index contributed by atoms with van der Waals surface area (Å²) in [5.74, 6) is 0. The first-order chi connectivity index (χ1) is 9.83. The molecular weight excluding hydrogens is 242 g/mol. The molecule has 0 aromatic rings. The quantitative estimate of drug-likeness (QED) is 0.361. The largest absolute Gasteiger partial charge is 0.312 e. The van der Waals surface area contributed by atoms with Gasteiger partial charge in [-0.25, -0.2) is 0 Å². The van der Waals surface area contributed by atoms with Gasteiger partial charge >= 0.3 is 0 Å². The Morgan fingerprint density at radius 3 is 2.35 bits per heavy atom. The summed E-state index contributed by atoms with van der Waals surface area (Å²) in [4.78, 5) is 0. The van der Waals surface area contributed by atoms with Crippen LogP contribution in [-0.4, -0.2) is 12.1 Å². The Hall–Kier alpha value is -0.300. The molecule has 1 N–H and O–H groups in total. The maximum absolute atomic E-state index is 3.73. The number of hydrogen-bond acceptors (Lipinski definition) is 1. The van der Waals surface area contributed by atoms with E-state index in [4.69, 9.17) is 0 Å². The first-order valence-electron chi connectivity index (χ1n) is 9.24. The van der Waals surface area contributed by atoms with E-state index in [2.05, 4.69) is 31.3 Å². The van der Waals surface area contributed by atoms with Crippen molar-refractivity contribution in [2.24, 2.45) is 0 Å². The zero-order chi connectivity index (χ0) is 14.5. The monoisotopic (exact) mass is 279 g/mol. The van der Waals surface area contributed by atoms with E-state index in [0.29, 0.717) is 0 Å². The third-order valence-electron chi connectivity index (χ3n) is 4.52. The van der Waals surface area contributed by atoms with Gasteiger partial charge in [-0.3, -0.25) is 0 Å². The minimum Gasteiger partial charge on any atom is -0.312 e. The molecule has 1 saturated heterocycles. The van der Waals surface area contributed by atoms with Crippen LogP contribution >= 0.6 is 0 Å². The highest BCUT2D eigenvalue weighted by Crippen LogP contribution is 2.16. The van der Waals surface area contributed by atoms with E-state index in [0.717, 1.165) is 12.1 Å². The van der Waals surface area contributed by atoms with E-state index in [1.807, 2.05) is 0 Å². The lowest BCUT2D eigenvalue weighted by molar-refractivity contribution is 0.318. The van der Waals surface area contributed by atoms with Crippen LogP contribution in [0, 0.1) is 0 Å². The second kappa shape index (κ2) is 12.4. The summed E-state index contributed by atoms with van der Waals surface area (Å²) in [6, 6.07) is 1.54. The summed E-state index contributed by atoms with van der Waals surface area (Å²) in [6.45, 7) is 4.61. The highest BCUT2D eigenvalue weighted by Gasteiger charge is 2.16. The number of unbranched alkanes of at least 4 members (excludes halogenated alkanes) is 7. The van der Waals surface area contributed by atoms with Crippen LogP contribution in [-0.2, 0) is 0 Å². The summed E-state index contributed by atoms with van der Waals surface area (Å²) in [5.41, 5.74) is 0. The highest BCUT2D eigenvalue weighted by molar-refractivity contribution is 4.83. The van der Waals surface area contributed by atoms with Gasteiger partial charge in [-0.15, -0.1) is 0 Å². The summed E-state index contributed by atoms with van der Waals surface area (Å²) >= 11 is 0. The minimum absolute atomic E-state index is 0.747. The van der Waals surface area contributed by atoms with Gasteiger partial charge in [-0.1, -0.05) is 57.6 Å². The van der Waals surface area contributed by atoms with Gasteiger partial charge < -0.3 is 5.32 Å². The Balaban J connectivity index is 1.84. The number of hydrogen-bond donors (Lipinski definition) is 1. The van der Waals surface area contributed by atoms with Gasteiger partial charge in [-0.05, 0) is 51.9 Å². The molecule has 0 saturated carbocycles. The van der Waals surface area contributed by atoms with Gasteiger partial charge in [0.2, 0.25) is 0 Å². The van der Waals surface area contributed by atoms with Gasteiger partial charge in [0.05, 0.1) is 0 Å². The van der Waals surface area contributed by atoms with Crippen LogP contribution in [0.2, 0.25) is 0 Å². The molecule has 0 radical (unpaired) electrons. The van der Waals surface area contributed by atoms with Gasteiger partial charge in [0.1, 0.15) is 0 Å². The molecule has 1 aliphatic rings. The van der Waals surface area contributed by atoms with E-state index >= 15 is 0 Å². The fraction of sp³-hybridized carbons (Fsp3) is 0.895. The lowest BCUT2D eigenvalue weighted by Crippen LogP contribution is -2.40. The number of allylic oxidation sites excluding steroid dienone is 2. The van der Waals surface area contributed by atoms with Gasteiger partial charge in [0.15, 0.2) is 0 Å². The lowest BCUT2D eigenvalue weighted by atomic mass is 9.96. The van der Waals surface area contributed by atoms with Crippen LogP contribution in [0.5, 0.6) is 0 Å². The number of piperidine rings is 1. The highest BCUT2D eigenvalue weighted by atomic mass is 15.0. The number of nitrogens with one attached hydrogen (secondary N) is 1. The van der Waals surface area contributed by atoms with Crippen LogP contribution in [0.4, 0.5) is 0 Å². The zero-order valence-electron chi connectivity index (χ0n) is 14.0. The van der Waals surface area contributed by atoms with Crippen molar-refractivity contribution in [3.05, 3.63) is 12.2 Å². The molecule has 0 aliphatic carbocycles. The van der Waals surface area contributed by atoms with Crippen LogP contribution < -0.4 is 5.32 Å². The van der Waals surface area contributed by atoms with Crippen molar-refractivity contribution in [1.29, 1.82) is 0 Å². The Morgan fingerprint density at radius 1 is 0.900 bits per heavy atom. The summed E-state index contributed by atoms with van der Waals surface area (Å²) in [7, 11) is 0. The fourth-order valence-corrected chi connectivity index (χ4v) is 3.23.